The fourth-order valence-electron chi connectivity index (χ4n) is 3.04. The molecule has 112 valence electrons. The number of carbonyl (C=O) groups is 1. The zero-order chi connectivity index (χ0) is 14.7. The Morgan fingerprint density at radius 2 is 2.14 bits per heavy atom. The molecule has 2 heterocycles. The summed E-state index contributed by atoms with van der Waals surface area (Å²) in [6, 6.07) is 8.74. The van der Waals surface area contributed by atoms with Gasteiger partial charge in [-0.3, -0.25) is 4.79 Å². The van der Waals surface area contributed by atoms with Crippen LogP contribution in [0.4, 0.5) is 0 Å². The summed E-state index contributed by atoms with van der Waals surface area (Å²) >= 11 is 0. The molecule has 0 aliphatic carbocycles. The molecule has 1 aromatic carbocycles. The summed E-state index contributed by atoms with van der Waals surface area (Å²) < 4.78 is 0. The summed E-state index contributed by atoms with van der Waals surface area (Å²) in [4.78, 5) is 17.6. The number of rotatable bonds is 6. The van der Waals surface area contributed by atoms with Crippen LogP contribution in [0.25, 0.3) is 10.9 Å². The number of nitrogens with zero attached hydrogens (tertiary/aromatic N) is 1. The number of aromatic nitrogens is 1. The van der Waals surface area contributed by atoms with Gasteiger partial charge < -0.3 is 15.2 Å². The molecular weight excluding hydrogens is 262 g/mol. The maximum absolute atomic E-state index is 12.3. The van der Waals surface area contributed by atoms with E-state index in [-0.39, 0.29) is 0 Å². The second-order valence-electron chi connectivity index (χ2n) is 5.70. The molecule has 0 bridgehead atoms. The third kappa shape index (κ3) is 2.95. The third-order valence-corrected chi connectivity index (χ3v) is 4.37. The van der Waals surface area contributed by atoms with Crippen LogP contribution in [0.15, 0.2) is 30.5 Å². The zero-order valence-corrected chi connectivity index (χ0v) is 12.6. The average molecular weight is 285 g/mol. The highest BCUT2D eigenvalue weighted by Gasteiger charge is 2.26. The van der Waals surface area contributed by atoms with E-state index >= 15 is 0 Å². The lowest BCUT2D eigenvalue weighted by atomic mass is 10.1. The lowest BCUT2D eigenvalue weighted by Gasteiger charge is -2.37. The molecule has 0 atom stereocenters. The van der Waals surface area contributed by atoms with E-state index in [9.17, 15) is 4.79 Å². The Labute approximate surface area is 125 Å². The Morgan fingerprint density at radius 1 is 1.33 bits per heavy atom. The molecule has 2 N–H and O–H groups in total. The van der Waals surface area contributed by atoms with Gasteiger partial charge in [0, 0.05) is 43.2 Å². The minimum absolute atomic E-state index is 0.295. The van der Waals surface area contributed by atoms with E-state index in [1.807, 2.05) is 11.0 Å². The van der Waals surface area contributed by atoms with Crippen molar-refractivity contribution in [1.82, 2.24) is 15.2 Å². The Morgan fingerprint density at radius 3 is 2.86 bits per heavy atom. The van der Waals surface area contributed by atoms with Crippen molar-refractivity contribution in [1.29, 1.82) is 0 Å². The fourth-order valence-corrected chi connectivity index (χ4v) is 3.04. The van der Waals surface area contributed by atoms with Crippen molar-refractivity contribution in [3.8, 4) is 0 Å². The molecule has 1 fully saturated rings. The smallest absolute Gasteiger partial charge is 0.222 e. The normalized spacial score (nSPS) is 15.1. The first kappa shape index (κ1) is 14.1. The summed E-state index contributed by atoms with van der Waals surface area (Å²) in [7, 11) is 0. The van der Waals surface area contributed by atoms with Gasteiger partial charge in [-0.2, -0.15) is 0 Å². The molecular formula is C17H23N3O. The highest BCUT2D eigenvalue weighted by Crippen LogP contribution is 2.20. The van der Waals surface area contributed by atoms with Crippen molar-refractivity contribution in [2.45, 2.75) is 32.2 Å². The number of hydrogen-bond acceptors (Lipinski definition) is 2. The number of aryl methyl sites for hydroxylation is 1. The summed E-state index contributed by atoms with van der Waals surface area (Å²) in [6.07, 6.45) is 4.58. The number of likely N-dealkylation sites (N-methyl/N-ethyl adjacent to an activating group) is 1. The molecule has 4 heteroatoms. The van der Waals surface area contributed by atoms with E-state index < -0.39 is 0 Å². The third-order valence-electron chi connectivity index (χ3n) is 4.37. The zero-order valence-electron chi connectivity index (χ0n) is 12.6. The SMILES string of the molecule is CCN(C(=O)CCCc1c[nH]c2ccccc12)C1CNC1. The van der Waals surface area contributed by atoms with Crippen LogP contribution in [0.2, 0.25) is 0 Å². The molecule has 2 aromatic rings. The number of fused-ring (bicyclic) bond motifs is 1. The molecule has 3 rings (SSSR count). The molecule has 1 amide bonds. The number of amides is 1. The van der Waals surface area contributed by atoms with Gasteiger partial charge in [-0.05, 0) is 31.4 Å². The number of H-pyrrole nitrogens is 1. The Kier molecular flexibility index (Phi) is 4.25. The Bertz CT molecular complexity index is 615. The summed E-state index contributed by atoms with van der Waals surface area (Å²) in [5.74, 6) is 0.295. The first-order chi connectivity index (χ1) is 10.3. The van der Waals surface area contributed by atoms with Crippen LogP contribution in [0, 0.1) is 0 Å². The van der Waals surface area contributed by atoms with Crippen LogP contribution >= 0.6 is 0 Å². The predicted molar refractivity (Wildman–Crippen MR) is 85.3 cm³/mol. The second-order valence-corrected chi connectivity index (χ2v) is 5.70. The highest BCUT2D eigenvalue weighted by atomic mass is 16.2. The first-order valence-corrected chi connectivity index (χ1v) is 7.84. The van der Waals surface area contributed by atoms with Gasteiger partial charge in [0.05, 0.1) is 6.04 Å². The topological polar surface area (TPSA) is 48.1 Å². The maximum atomic E-state index is 12.3. The van der Waals surface area contributed by atoms with Gasteiger partial charge in [0.1, 0.15) is 0 Å². The van der Waals surface area contributed by atoms with Gasteiger partial charge in [0.15, 0.2) is 0 Å². The van der Waals surface area contributed by atoms with Crippen LogP contribution in [-0.4, -0.2) is 41.5 Å². The second kappa shape index (κ2) is 6.31. The van der Waals surface area contributed by atoms with E-state index in [2.05, 4.69) is 41.6 Å². The lowest BCUT2D eigenvalue weighted by Crippen LogP contribution is -2.58. The summed E-state index contributed by atoms with van der Waals surface area (Å²) in [6.45, 7) is 4.78. The van der Waals surface area contributed by atoms with Gasteiger partial charge in [-0.1, -0.05) is 18.2 Å². The molecule has 21 heavy (non-hydrogen) atoms. The van der Waals surface area contributed by atoms with Crippen molar-refractivity contribution in [3.63, 3.8) is 0 Å². The van der Waals surface area contributed by atoms with Crippen LogP contribution in [-0.2, 0) is 11.2 Å². The first-order valence-electron chi connectivity index (χ1n) is 7.84. The summed E-state index contributed by atoms with van der Waals surface area (Å²) in [5.41, 5.74) is 2.49. The fraction of sp³-hybridized carbons (Fsp3) is 0.471. The van der Waals surface area contributed by atoms with Crippen molar-refractivity contribution < 1.29 is 4.79 Å². The molecule has 0 spiro atoms. The van der Waals surface area contributed by atoms with E-state index in [4.69, 9.17) is 0 Å². The van der Waals surface area contributed by atoms with Gasteiger partial charge in [0.25, 0.3) is 0 Å². The number of hydrogen-bond donors (Lipinski definition) is 2. The highest BCUT2D eigenvalue weighted by molar-refractivity contribution is 5.83. The molecule has 1 aliphatic heterocycles. The monoisotopic (exact) mass is 285 g/mol. The van der Waals surface area contributed by atoms with Crippen LogP contribution in [0.3, 0.4) is 0 Å². The van der Waals surface area contributed by atoms with Gasteiger partial charge in [-0.25, -0.2) is 0 Å². The number of aromatic amines is 1. The van der Waals surface area contributed by atoms with Gasteiger partial charge in [0.2, 0.25) is 5.91 Å². The maximum Gasteiger partial charge on any atom is 0.222 e. The van der Waals surface area contributed by atoms with Crippen molar-refractivity contribution in [2.24, 2.45) is 0 Å². The quantitative estimate of drug-likeness (QED) is 0.855. The number of para-hydroxylation sites is 1. The molecule has 0 saturated carbocycles. The van der Waals surface area contributed by atoms with E-state index in [0.29, 0.717) is 18.4 Å². The predicted octanol–water partition coefficient (Wildman–Crippen LogP) is 2.31. The van der Waals surface area contributed by atoms with Crippen LogP contribution < -0.4 is 5.32 Å². The standard InChI is InChI=1S/C17H23N3O/c1-2-20(14-11-18-12-14)17(21)9-5-6-13-10-19-16-8-4-3-7-15(13)16/h3-4,7-8,10,14,18-19H,2,5-6,9,11-12H2,1H3. The average Bonchev–Trinajstić information content (AvgIpc) is 2.86. The molecule has 4 nitrogen and oxygen atoms in total. The lowest BCUT2D eigenvalue weighted by molar-refractivity contribution is -0.134. The number of nitrogens with one attached hydrogen (secondary N) is 2. The van der Waals surface area contributed by atoms with E-state index in [1.54, 1.807) is 0 Å². The molecule has 1 aliphatic rings. The molecule has 0 unspecified atom stereocenters. The van der Waals surface area contributed by atoms with Crippen LogP contribution in [0.5, 0.6) is 0 Å². The minimum atomic E-state index is 0.295. The van der Waals surface area contributed by atoms with Crippen LogP contribution in [0.1, 0.15) is 25.3 Å². The number of carbonyl (C=O) groups excluding carboxylic acids is 1. The largest absolute Gasteiger partial charge is 0.361 e. The summed E-state index contributed by atoms with van der Waals surface area (Å²) in [5, 5.41) is 4.51. The molecule has 1 saturated heterocycles. The molecule has 1 aromatic heterocycles. The van der Waals surface area contributed by atoms with Crippen molar-refractivity contribution >= 4 is 16.8 Å². The van der Waals surface area contributed by atoms with E-state index in [1.165, 1.54) is 16.5 Å². The van der Waals surface area contributed by atoms with Gasteiger partial charge in [-0.15, -0.1) is 0 Å². The van der Waals surface area contributed by atoms with Gasteiger partial charge >= 0.3 is 0 Å². The minimum Gasteiger partial charge on any atom is -0.361 e. The van der Waals surface area contributed by atoms with E-state index in [0.717, 1.165) is 32.5 Å². The Hall–Kier alpha value is -1.81. The van der Waals surface area contributed by atoms with Crippen molar-refractivity contribution in [3.05, 3.63) is 36.0 Å². The van der Waals surface area contributed by atoms with Crippen molar-refractivity contribution in [2.75, 3.05) is 19.6 Å². The number of benzene rings is 1. The molecule has 0 radical (unpaired) electrons. The Balaban J connectivity index is 1.54.